The molecule has 0 amide bonds. The van der Waals surface area contributed by atoms with Crippen molar-refractivity contribution in [2.45, 2.75) is 25.3 Å². The van der Waals surface area contributed by atoms with E-state index in [0.29, 0.717) is 27.6 Å². The van der Waals surface area contributed by atoms with E-state index < -0.39 is 10.0 Å². The molecule has 0 radical (unpaired) electrons. The predicted molar refractivity (Wildman–Crippen MR) is 92.5 cm³/mol. The molecule has 0 saturated heterocycles. The van der Waals surface area contributed by atoms with E-state index in [9.17, 15) is 8.42 Å². The fraction of sp³-hybridized carbons (Fsp3) is 0.250. The van der Waals surface area contributed by atoms with Crippen molar-refractivity contribution < 1.29 is 17.9 Å². The first kappa shape index (κ1) is 17.4. The summed E-state index contributed by atoms with van der Waals surface area (Å²) in [5.41, 5.74) is 1.77. The van der Waals surface area contributed by atoms with Crippen LogP contribution in [-0.2, 0) is 16.6 Å². The van der Waals surface area contributed by atoms with Crippen molar-refractivity contribution in [2.24, 2.45) is 0 Å². The Morgan fingerprint density at radius 2 is 1.83 bits per heavy atom. The van der Waals surface area contributed by atoms with Gasteiger partial charge in [-0.15, -0.1) is 0 Å². The predicted octanol–water partition coefficient (Wildman–Crippen LogP) is 3.82. The highest BCUT2D eigenvalue weighted by Gasteiger charge is 2.24. The van der Waals surface area contributed by atoms with Crippen molar-refractivity contribution in [2.75, 3.05) is 6.79 Å². The number of benzene rings is 2. The number of ether oxygens (including phenoxy) is 2. The number of halogens is 2. The van der Waals surface area contributed by atoms with Gasteiger partial charge in [-0.25, -0.2) is 13.1 Å². The van der Waals surface area contributed by atoms with Crippen LogP contribution in [0, 0.1) is 13.8 Å². The molecule has 0 saturated carbocycles. The zero-order chi connectivity index (χ0) is 17.5. The highest BCUT2D eigenvalue weighted by molar-refractivity contribution is 7.89. The van der Waals surface area contributed by atoms with E-state index in [1.807, 2.05) is 0 Å². The van der Waals surface area contributed by atoms with Crippen molar-refractivity contribution in [3.05, 3.63) is 51.0 Å². The van der Waals surface area contributed by atoms with Gasteiger partial charge in [-0.2, -0.15) is 0 Å². The minimum Gasteiger partial charge on any atom is -0.454 e. The second-order valence-corrected chi connectivity index (χ2v) is 7.94. The Morgan fingerprint density at radius 3 is 2.58 bits per heavy atom. The number of sulfonamides is 1. The van der Waals surface area contributed by atoms with Crippen molar-refractivity contribution in [3.63, 3.8) is 0 Å². The molecule has 1 N–H and O–H groups in total. The lowest BCUT2D eigenvalue weighted by Crippen LogP contribution is -2.24. The fourth-order valence-electron chi connectivity index (χ4n) is 2.43. The number of aryl methyl sites for hydroxylation is 1. The van der Waals surface area contributed by atoms with Gasteiger partial charge in [0.25, 0.3) is 0 Å². The maximum atomic E-state index is 12.7. The maximum absolute atomic E-state index is 12.7. The van der Waals surface area contributed by atoms with Gasteiger partial charge in [0.1, 0.15) is 4.90 Å². The zero-order valence-corrected chi connectivity index (χ0v) is 15.3. The molecule has 8 heteroatoms. The van der Waals surface area contributed by atoms with Crippen LogP contribution in [0.5, 0.6) is 11.5 Å². The fourth-order valence-corrected chi connectivity index (χ4v) is 4.66. The highest BCUT2D eigenvalue weighted by atomic mass is 35.5. The SMILES string of the molecule is Cc1cc(Cl)c(C)c(S(=O)(=O)NCc2ccc3c(c2)OCO3)c1Cl. The van der Waals surface area contributed by atoms with Gasteiger partial charge in [0.15, 0.2) is 11.5 Å². The largest absolute Gasteiger partial charge is 0.454 e. The highest BCUT2D eigenvalue weighted by Crippen LogP contribution is 2.34. The van der Waals surface area contributed by atoms with E-state index in [2.05, 4.69) is 4.72 Å². The summed E-state index contributed by atoms with van der Waals surface area (Å²) >= 11 is 12.3. The third kappa shape index (κ3) is 3.19. The first-order valence-corrected chi connectivity index (χ1v) is 9.37. The van der Waals surface area contributed by atoms with Gasteiger partial charge in [0.05, 0.1) is 5.02 Å². The molecule has 0 bridgehead atoms. The summed E-state index contributed by atoms with van der Waals surface area (Å²) < 4.78 is 38.4. The summed E-state index contributed by atoms with van der Waals surface area (Å²) in [7, 11) is -3.82. The van der Waals surface area contributed by atoms with Gasteiger partial charge < -0.3 is 9.47 Å². The van der Waals surface area contributed by atoms with Gasteiger partial charge in [-0.1, -0.05) is 29.3 Å². The molecular formula is C16H15Cl2NO4S. The van der Waals surface area contributed by atoms with Gasteiger partial charge in [0, 0.05) is 11.6 Å². The second-order valence-electron chi connectivity index (χ2n) is 5.46. The minimum absolute atomic E-state index is 0.00918. The van der Waals surface area contributed by atoms with Crippen LogP contribution in [0.2, 0.25) is 10.0 Å². The average molecular weight is 388 g/mol. The summed E-state index contributed by atoms with van der Waals surface area (Å²) in [6.45, 7) is 3.61. The monoisotopic (exact) mass is 387 g/mol. The quantitative estimate of drug-likeness (QED) is 0.865. The van der Waals surface area contributed by atoms with Gasteiger partial charge in [-0.3, -0.25) is 0 Å². The molecule has 0 fully saturated rings. The minimum atomic E-state index is -3.82. The Balaban J connectivity index is 1.87. The van der Waals surface area contributed by atoms with E-state index in [1.54, 1.807) is 38.1 Å². The first-order chi connectivity index (χ1) is 11.3. The number of hydrogen-bond donors (Lipinski definition) is 1. The Labute approximate surface area is 150 Å². The van der Waals surface area contributed by atoms with Crippen LogP contribution in [0.3, 0.4) is 0 Å². The summed E-state index contributed by atoms with van der Waals surface area (Å²) in [4.78, 5) is 0.00918. The molecule has 128 valence electrons. The van der Waals surface area contributed by atoms with Crippen LogP contribution < -0.4 is 14.2 Å². The second kappa shape index (κ2) is 6.44. The van der Waals surface area contributed by atoms with E-state index in [4.69, 9.17) is 32.7 Å². The number of nitrogens with one attached hydrogen (secondary N) is 1. The van der Waals surface area contributed by atoms with Crippen LogP contribution in [-0.4, -0.2) is 15.2 Å². The molecule has 2 aromatic rings. The molecule has 3 rings (SSSR count). The van der Waals surface area contributed by atoms with Crippen molar-refractivity contribution in [1.29, 1.82) is 0 Å². The third-order valence-electron chi connectivity index (χ3n) is 3.76. The molecule has 5 nitrogen and oxygen atoms in total. The van der Waals surface area contributed by atoms with Gasteiger partial charge >= 0.3 is 0 Å². The summed E-state index contributed by atoms with van der Waals surface area (Å²) in [6, 6.07) is 6.90. The smallest absolute Gasteiger partial charge is 0.242 e. The van der Waals surface area contributed by atoms with Crippen LogP contribution >= 0.6 is 23.2 Å². The Bertz CT molecular complexity index is 887. The lowest BCUT2D eigenvalue weighted by molar-refractivity contribution is 0.174. The van der Waals surface area contributed by atoms with Crippen molar-refractivity contribution >= 4 is 33.2 Å². The van der Waals surface area contributed by atoms with E-state index in [1.165, 1.54) is 0 Å². The first-order valence-electron chi connectivity index (χ1n) is 7.13. The molecule has 1 heterocycles. The molecule has 0 aliphatic carbocycles. The Hall–Kier alpha value is -1.47. The molecule has 0 spiro atoms. The van der Waals surface area contributed by atoms with E-state index in [-0.39, 0.29) is 23.3 Å². The van der Waals surface area contributed by atoms with Gasteiger partial charge in [0.2, 0.25) is 16.8 Å². The lowest BCUT2D eigenvalue weighted by atomic mass is 10.2. The van der Waals surface area contributed by atoms with Crippen LogP contribution in [0.1, 0.15) is 16.7 Å². The molecular weight excluding hydrogens is 373 g/mol. The molecule has 0 atom stereocenters. The van der Waals surface area contributed by atoms with Crippen molar-refractivity contribution in [1.82, 2.24) is 4.72 Å². The zero-order valence-electron chi connectivity index (χ0n) is 13.0. The molecule has 0 unspecified atom stereocenters. The lowest BCUT2D eigenvalue weighted by Gasteiger charge is -2.14. The van der Waals surface area contributed by atoms with E-state index in [0.717, 1.165) is 5.56 Å². The van der Waals surface area contributed by atoms with E-state index >= 15 is 0 Å². The molecule has 0 aromatic heterocycles. The number of rotatable bonds is 4. The average Bonchev–Trinajstić information content (AvgIpc) is 2.99. The summed E-state index contributed by atoms with van der Waals surface area (Å²) in [5, 5.41) is 0.537. The number of hydrogen-bond acceptors (Lipinski definition) is 4. The topological polar surface area (TPSA) is 64.6 Å². The summed E-state index contributed by atoms with van der Waals surface area (Å²) in [5.74, 6) is 1.24. The standard InChI is InChI=1S/C16H15Cl2NO4S/c1-9-5-12(17)10(2)16(15(9)18)24(20,21)19-7-11-3-4-13-14(6-11)23-8-22-13/h3-6,19H,7-8H2,1-2H3. The van der Waals surface area contributed by atoms with Gasteiger partial charge in [-0.05, 0) is 48.7 Å². The Morgan fingerprint density at radius 1 is 1.12 bits per heavy atom. The molecule has 1 aliphatic rings. The molecule has 24 heavy (non-hydrogen) atoms. The Kier molecular flexibility index (Phi) is 4.66. The number of fused-ring (bicyclic) bond motifs is 1. The maximum Gasteiger partial charge on any atom is 0.242 e. The van der Waals surface area contributed by atoms with Crippen LogP contribution in [0.25, 0.3) is 0 Å². The molecule has 1 aliphatic heterocycles. The van der Waals surface area contributed by atoms with Crippen LogP contribution in [0.4, 0.5) is 0 Å². The third-order valence-corrected chi connectivity index (χ3v) is 6.32. The van der Waals surface area contributed by atoms with Crippen molar-refractivity contribution in [3.8, 4) is 11.5 Å². The summed E-state index contributed by atoms with van der Waals surface area (Å²) in [6.07, 6.45) is 0. The normalized spacial score (nSPS) is 13.3. The molecule has 2 aromatic carbocycles. The van der Waals surface area contributed by atoms with Crippen LogP contribution in [0.15, 0.2) is 29.2 Å².